The smallest absolute Gasteiger partial charge is 0.250 e. The van der Waals surface area contributed by atoms with Gasteiger partial charge in [0.15, 0.2) is 0 Å². The van der Waals surface area contributed by atoms with Crippen LogP contribution in [0.2, 0.25) is 18.1 Å². The third-order valence-corrected chi connectivity index (χ3v) is 10.2. The van der Waals surface area contributed by atoms with Crippen LogP contribution < -0.4 is 4.43 Å². The second-order valence-corrected chi connectivity index (χ2v) is 14.5. The maximum absolute atomic E-state index is 6.51. The largest absolute Gasteiger partial charge is 0.543 e. The average Bonchev–Trinajstić information content (AvgIpc) is 2.44. The van der Waals surface area contributed by atoms with Gasteiger partial charge in [-0.3, -0.25) is 0 Å². The summed E-state index contributed by atoms with van der Waals surface area (Å²) < 4.78 is 12.7. The highest BCUT2D eigenvalue weighted by Gasteiger charge is 2.39. The van der Waals surface area contributed by atoms with Gasteiger partial charge in [-0.25, -0.2) is 0 Å². The standard InChI is InChI=1S/C22H36O2Si/c1-16(2)19-20(23-14-13-22(19,6)7)17-11-10-12-18(15-17)24-25(8,9)21(3,4)5/h10-12,15-16H,13-14H2,1-9H3. The number of benzene rings is 1. The Hall–Kier alpha value is -1.22. The van der Waals surface area contributed by atoms with E-state index in [1.807, 2.05) is 0 Å². The van der Waals surface area contributed by atoms with Gasteiger partial charge in [0.1, 0.15) is 11.5 Å². The van der Waals surface area contributed by atoms with Crippen molar-refractivity contribution in [2.24, 2.45) is 11.3 Å². The van der Waals surface area contributed by atoms with Gasteiger partial charge in [-0.15, -0.1) is 0 Å². The van der Waals surface area contributed by atoms with Crippen LogP contribution in [0.5, 0.6) is 5.75 Å². The lowest BCUT2D eigenvalue weighted by Gasteiger charge is -2.38. The van der Waals surface area contributed by atoms with Crippen molar-refractivity contribution in [3.63, 3.8) is 0 Å². The lowest BCUT2D eigenvalue weighted by molar-refractivity contribution is 0.180. The van der Waals surface area contributed by atoms with Crippen molar-refractivity contribution in [3.8, 4) is 5.75 Å². The van der Waals surface area contributed by atoms with E-state index in [4.69, 9.17) is 9.16 Å². The number of allylic oxidation sites excluding steroid dienone is 1. The van der Waals surface area contributed by atoms with Crippen molar-refractivity contribution < 1.29 is 9.16 Å². The van der Waals surface area contributed by atoms with E-state index in [0.29, 0.717) is 5.92 Å². The molecule has 1 heterocycles. The Morgan fingerprint density at radius 2 is 1.80 bits per heavy atom. The summed E-state index contributed by atoms with van der Waals surface area (Å²) in [5, 5.41) is 0.189. The molecule has 0 radical (unpaired) electrons. The van der Waals surface area contributed by atoms with Gasteiger partial charge in [0.05, 0.1) is 6.61 Å². The molecule has 25 heavy (non-hydrogen) atoms. The van der Waals surface area contributed by atoms with Crippen molar-refractivity contribution in [2.75, 3.05) is 6.61 Å². The van der Waals surface area contributed by atoms with E-state index in [9.17, 15) is 0 Å². The maximum Gasteiger partial charge on any atom is 0.250 e. The van der Waals surface area contributed by atoms with Crippen molar-refractivity contribution in [3.05, 3.63) is 35.4 Å². The van der Waals surface area contributed by atoms with Crippen LogP contribution in [0.25, 0.3) is 5.76 Å². The molecule has 1 aliphatic rings. The third kappa shape index (κ3) is 4.31. The van der Waals surface area contributed by atoms with Gasteiger partial charge in [0.2, 0.25) is 8.32 Å². The summed E-state index contributed by atoms with van der Waals surface area (Å²) in [6.07, 6.45) is 1.07. The molecule has 0 fully saturated rings. The van der Waals surface area contributed by atoms with Crippen molar-refractivity contribution in [1.82, 2.24) is 0 Å². The SMILES string of the molecule is CC(C)C1=C(c2cccc(O[Si](C)(C)C(C)(C)C)c2)OCCC1(C)C. The van der Waals surface area contributed by atoms with E-state index in [-0.39, 0.29) is 10.5 Å². The zero-order chi connectivity index (χ0) is 19.0. The molecule has 1 aromatic rings. The molecule has 2 rings (SSSR count). The van der Waals surface area contributed by atoms with Gasteiger partial charge in [-0.05, 0) is 53.6 Å². The molecule has 3 heteroatoms. The second-order valence-electron chi connectivity index (χ2n) is 9.77. The Labute approximate surface area is 155 Å². The molecule has 0 saturated heterocycles. The molecular weight excluding hydrogens is 324 g/mol. The zero-order valence-electron chi connectivity index (χ0n) is 17.6. The first-order valence-corrected chi connectivity index (χ1v) is 12.4. The van der Waals surface area contributed by atoms with E-state index in [1.54, 1.807) is 0 Å². The highest BCUT2D eigenvalue weighted by Crippen LogP contribution is 2.45. The summed E-state index contributed by atoms with van der Waals surface area (Å²) in [5.74, 6) is 2.49. The molecule has 0 amide bonds. The fourth-order valence-corrected chi connectivity index (χ4v) is 4.38. The molecule has 0 aromatic heterocycles. The van der Waals surface area contributed by atoms with Crippen LogP contribution in [-0.4, -0.2) is 14.9 Å². The predicted octanol–water partition coefficient (Wildman–Crippen LogP) is 6.88. The minimum atomic E-state index is -1.84. The Morgan fingerprint density at radius 1 is 1.16 bits per heavy atom. The van der Waals surface area contributed by atoms with Gasteiger partial charge < -0.3 is 9.16 Å². The lowest BCUT2D eigenvalue weighted by Crippen LogP contribution is -2.43. The Balaban J connectivity index is 2.44. The van der Waals surface area contributed by atoms with Gasteiger partial charge in [-0.2, -0.15) is 0 Å². The van der Waals surface area contributed by atoms with Gasteiger partial charge >= 0.3 is 0 Å². The molecule has 140 valence electrons. The number of hydrogen-bond acceptors (Lipinski definition) is 2. The van der Waals surface area contributed by atoms with Crippen LogP contribution in [0.1, 0.15) is 60.5 Å². The fourth-order valence-electron chi connectivity index (χ4n) is 3.36. The van der Waals surface area contributed by atoms with Crippen LogP contribution in [0.3, 0.4) is 0 Å². The van der Waals surface area contributed by atoms with Crippen molar-refractivity contribution >= 4 is 14.1 Å². The normalized spacial score (nSPS) is 18.3. The predicted molar refractivity (Wildman–Crippen MR) is 110 cm³/mol. The Kier molecular flexibility index (Phi) is 5.49. The molecular formula is C22H36O2Si. The van der Waals surface area contributed by atoms with Crippen molar-refractivity contribution in [2.45, 2.75) is 73.0 Å². The minimum absolute atomic E-state index is 0.179. The molecule has 2 nitrogen and oxygen atoms in total. The average molecular weight is 361 g/mol. The van der Waals surface area contributed by atoms with Crippen LogP contribution in [0, 0.1) is 11.3 Å². The first kappa shape index (κ1) is 20.1. The van der Waals surface area contributed by atoms with E-state index in [1.165, 1.54) is 5.57 Å². The van der Waals surface area contributed by atoms with Crippen LogP contribution >= 0.6 is 0 Å². The summed E-state index contributed by atoms with van der Waals surface area (Å²) in [5.41, 5.74) is 2.74. The maximum atomic E-state index is 6.51. The third-order valence-electron chi connectivity index (χ3n) is 5.80. The quantitative estimate of drug-likeness (QED) is 0.545. The number of hydrogen-bond donors (Lipinski definition) is 0. The van der Waals surface area contributed by atoms with E-state index in [2.05, 4.69) is 85.8 Å². The van der Waals surface area contributed by atoms with Crippen LogP contribution in [0.15, 0.2) is 29.8 Å². The van der Waals surface area contributed by atoms with Gasteiger partial charge in [0.25, 0.3) is 0 Å². The molecule has 0 unspecified atom stereocenters. The summed E-state index contributed by atoms with van der Waals surface area (Å²) in [6.45, 7) is 21.4. The highest BCUT2D eigenvalue weighted by molar-refractivity contribution is 6.74. The minimum Gasteiger partial charge on any atom is -0.543 e. The lowest BCUT2D eigenvalue weighted by atomic mass is 9.73. The van der Waals surface area contributed by atoms with E-state index >= 15 is 0 Å². The summed E-state index contributed by atoms with van der Waals surface area (Å²) in [6, 6.07) is 8.48. The summed E-state index contributed by atoms with van der Waals surface area (Å²) in [4.78, 5) is 0. The summed E-state index contributed by atoms with van der Waals surface area (Å²) >= 11 is 0. The molecule has 0 atom stereocenters. The fraction of sp³-hybridized carbons (Fsp3) is 0.636. The first-order chi connectivity index (χ1) is 11.3. The Bertz CT molecular complexity index is 648. The summed E-state index contributed by atoms with van der Waals surface area (Å²) in [7, 11) is -1.84. The zero-order valence-corrected chi connectivity index (χ0v) is 18.6. The number of rotatable bonds is 4. The molecule has 1 aliphatic heterocycles. The molecule has 0 spiro atoms. The molecule has 0 bridgehead atoms. The highest BCUT2D eigenvalue weighted by atomic mass is 28.4. The second kappa shape index (κ2) is 6.83. The number of ether oxygens (including phenoxy) is 1. The van der Waals surface area contributed by atoms with E-state index in [0.717, 1.165) is 30.1 Å². The Morgan fingerprint density at radius 3 is 2.36 bits per heavy atom. The topological polar surface area (TPSA) is 18.5 Å². The van der Waals surface area contributed by atoms with Gasteiger partial charge in [-0.1, -0.05) is 60.6 Å². The van der Waals surface area contributed by atoms with E-state index < -0.39 is 8.32 Å². The monoisotopic (exact) mass is 360 g/mol. The van der Waals surface area contributed by atoms with Gasteiger partial charge in [0, 0.05) is 5.56 Å². The molecule has 0 aliphatic carbocycles. The molecule has 1 aromatic carbocycles. The van der Waals surface area contributed by atoms with Crippen LogP contribution in [-0.2, 0) is 4.74 Å². The molecule has 0 saturated carbocycles. The molecule has 0 N–H and O–H groups in total. The van der Waals surface area contributed by atoms with Crippen LogP contribution in [0.4, 0.5) is 0 Å². The first-order valence-electron chi connectivity index (χ1n) is 9.52. The van der Waals surface area contributed by atoms with Crippen molar-refractivity contribution in [1.29, 1.82) is 0 Å².